The highest BCUT2D eigenvalue weighted by atomic mass is 16.5. The Morgan fingerprint density at radius 1 is 1.04 bits per heavy atom. The molecule has 2 aromatic heterocycles. The maximum atomic E-state index is 12.3. The third kappa shape index (κ3) is 3.76. The summed E-state index contributed by atoms with van der Waals surface area (Å²) in [6.45, 7) is 1.08. The van der Waals surface area contributed by atoms with Crippen LogP contribution in [0.5, 0.6) is 0 Å². The topological polar surface area (TPSA) is 89.2 Å². The second kappa shape index (κ2) is 7.49. The molecule has 0 aliphatic carbocycles. The summed E-state index contributed by atoms with van der Waals surface area (Å²) in [5, 5.41) is 3.99. The molecule has 7 nitrogen and oxygen atoms in total. The Morgan fingerprint density at radius 2 is 1.78 bits per heavy atom. The molecule has 1 saturated heterocycles. The maximum absolute atomic E-state index is 12.3. The van der Waals surface area contributed by atoms with E-state index in [0.29, 0.717) is 30.4 Å². The molecule has 0 N–H and O–H groups in total. The van der Waals surface area contributed by atoms with Gasteiger partial charge in [0.15, 0.2) is 5.78 Å². The predicted molar refractivity (Wildman–Crippen MR) is 96.9 cm³/mol. The van der Waals surface area contributed by atoms with Crippen molar-refractivity contribution in [3.63, 3.8) is 0 Å². The molecular weight excluding hydrogens is 344 g/mol. The highest BCUT2D eigenvalue weighted by Gasteiger charge is 2.35. The Bertz CT molecular complexity index is 934. The SMILES string of the molecule is O=C(CCC(=O)N1CC(c2nc(-c3ccncc3)no2)C1)c1ccccc1. The molecule has 7 heteroatoms. The van der Waals surface area contributed by atoms with Crippen molar-refractivity contribution < 1.29 is 14.1 Å². The van der Waals surface area contributed by atoms with E-state index in [9.17, 15) is 9.59 Å². The summed E-state index contributed by atoms with van der Waals surface area (Å²) >= 11 is 0. The van der Waals surface area contributed by atoms with Gasteiger partial charge in [0.2, 0.25) is 17.6 Å². The van der Waals surface area contributed by atoms with Crippen LogP contribution >= 0.6 is 0 Å². The lowest BCUT2D eigenvalue weighted by atomic mass is 9.98. The van der Waals surface area contributed by atoms with Gasteiger partial charge in [-0.2, -0.15) is 4.98 Å². The number of hydrogen-bond acceptors (Lipinski definition) is 6. The molecule has 4 rings (SSSR count). The Morgan fingerprint density at radius 3 is 2.52 bits per heavy atom. The fourth-order valence-corrected chi connectivity index (χ4v) is 3.00. The summed E-state index contributed by atoms with van der Waals surface area (Å²) in [6, 6.07) is 12.7. The number of pyridine rings is 1. The molecule has 1 aliphatic heterocycles. The lowest BCUT2D eigenvalue weighted by Crippen LogP contribution is -2.48. The molecule has 0 unspecified atom stereocenters. The Kier molecular flexibility index (Phi) is 4.74. The first kappa shape index (κ1) is 17.1. The van der Waals surface area contributed by atoms with Crippen LogP contribution in [0.4, 0.5) is 0 Å². The van der Waals surface area contributed by atoms with E-state index in [0.717, 1.165) is 5.56 Å². The summed E-state index contributed by atoms with van der Waals surface area (Å²) in [4.78, 5) is 34.5. The van der Waals surface area contributed by atoms with Crippen molar-refractivity contribution in [1.29, 1.82) is 0 Å². The van der Waals surface area contributed by atoms with Crippen molar-refractivity contribution in [3.05, 3.63) is 66.3 Å². The monoisotopic (exact) mass is 362 g/mol. The lowest BCUT2D eigenvalue weighted by Gasteiger charge is -2.37. The molecule has 136 valence electrons. The van der Waals surface area contributed by atoms with Crippen LogP contribution < -0.4 is 0 Å². The van der Waals surface area contributed by atoms with E-state index in [1.165, 1.54) is 0 Å². The van der Waals surface area contributed by atoms with Crippen molar-refractivity contribution in [2.24, 2.45) is 0 Å². The quantitative estimate of drug-likeness (QED) is 0.627. The zero-order valence-electron chi connectivity index (χ0n) is 14.6. The van der Waals surface area contributed by atoms with Gasteiger partial charge < -0.3 is 9.42 Å². The van der Waals surface area contributed by atoms with Gasteiger partial charge >= 0.3 is 0 Å². The molecule has 3 heterocycles. The van der Waals surface area contributed by atoms with E-state index >= 15 is 0 Å². The van der Waals surface area contributed by atoms with Gasteiger partial charge in [-0.1, -0.05) is 35.5 Å². The average Bonchev–Trinajstić information content (AvgIpc) is 3.16. The van der Waals surface area contributed by atoms with Gasteiger partial charge in [0.1, 0.15) is 0 Å². The van der Waals surface area contributed by atoms with E-state index in [2.05, 4.69) is 15.1 Å². The normalized spacial score (nSPS) is 14.0. The summed E-state index contributed by atoms with van der Waals surface area (Å²) in [5.41, 5.74) is 1.48. The van der Waals surface area contributed by atoms with Crippen LogP contribution in [0.25, 0.3) is 11.4 Å². The molecule has 0 saturated carbocycles. The number of hydrogen-bond donors (Lipinski definition) is 0. The maximum Gasteiger partial charge on any atom is 0.233 e. The fraction of sp³-hybridized carbons (Fsp3) is 0.250. The van der Waals surface area contributed by atoms with Crippen LogP contribution in [-0.4, -0.2) is 44.8 Å². The summed E-state index contributed by atoms with van der Waals surface area (Å²) in [7, 11) is 0. The van der Waals surface area contributed by atoms with Crippen LogP contribution in [0.3, 0.4) is 0 Å². The number of nitrogens with zero attached hydrogens (tertiary/aromatic N) is 4. The zero-order valence-corrected chi connectivity index (χ0v) is 14.6. The first-order valence-corrected chi connectivity index (χ1v) is 8.81. The van der Waals surface area contributed by atoms with Crippen molar-refractivity contribution in [2.45, 2.75) is 18.8 Å². The van der Waals surface area contributed by atoms with Crippen molar-refractivity contribution >= 4 is 11.7 Å². The van der Waals surface area contributed by atoms with Crippen LogP contribution in [0.15, 0.2) is 59.4 Å². The van der Waals surface area contributed by atoms with E-state index in [1.54, 1.807) is 29.4 Å². The number of amides is 1. The number of likely N-dealkylation sites (tertiary alicyclic amines) is 1. The van der Waals surface area contributed by atoms with E-state index < -0.39 is 0 Å². The Labute approximate surface area is 156 Å². The third-order valence-corrected chi connectivity index (χ3v) is 4.63. The Balaban J connectivity index is 1.27. The molecule has 1 fully saturated rings. The molecule has 0 radical (unpaired) electrons. The van der Waals surface area contributed by atoms with Crippen molar-refractivity contribution in [3.8, 4) is 11.4 Å². The zero-order chi connectivity index (χ0) is 18.6. The molecule has 0 atom stereocenters. The van der Waals surface area contributed by atoms with Gasteiger partial charge in [-0.15, -0.1) is 0 Å². The first-order chi connectivity index (χ1) is 13.2. The minimum atomic E-state index is -0.0237. The summed E-state index contributed by atoms with van der Waals surface area (Å²) < 4.78 is 5.33. The van der Waals surface area contributed by atoms with Gasteiger partial charge in [-0.05, 0) is 12.1 Å². The third-order valence-electron chi connectivity index (χ3n) is 4.63. The fourth-order valence-electron chi connectivity index (χ4n) is 3.00. The second-order valence-electron chi connectivity index (χ2n) is 6.48. The molecule has 0 bridgehead atoms. The second-order valence-corrected chi connectivity index (χ2v) is 6.48. The highest BCUT2D eigenvalue weighted by Crippen LogP contribution is 2.28. The van der Waals surface area contributed by atoms with E-state index in [1.807, 2.05) is 30.3 Å². The number of benzene rings is 1. The van der Waals surface area contributed by atoms with E-state index in [4.69, 9.17) is 4.52 Å². The number of carbonyl (C=O) groups excluding carboxylic acids is 2. The number of rotatable bonds is 6. The molecule has 1 amide bonds. The van der Waals surface area contributed by atoms with Crippen molar-refractivity contribution in [1.82, 2.24) is 20.0 Å². The average molecular weight is 362 g/mol. The highest BCUT2D eigenvalue weighted by molar-refractivity contribution is 5.97. The van der Waals surface area contributed by atoms with Crippen LogP contribution in [-0.2, 0) is 4.79 Å². The van der Waals surface area contributed by atoms with Gasteiger partial charge in [0, 0.05) is 49.5 Å². The van der Waals surface area contributed by atoms with Crippen LogP contribution in [0, 0.1) is 0 Å². The summed E-state index contributed by atoms with van der Waals surface area (Å²) in [5.74, 6) is 1.06. The predicted octanol–water partition coefficient (Wildman–Crippen LogP) is 2.72. The molecule has 1 aromatic carbocycles. The van der Waals surface area contributed by atoms with Gasteiger partial charge in [0.25, 0.3) is 0 Å². The molecule has 1 aliphatic rings. The van der Waals surface area contributed by atoms with Crippen LogP contribution in [0.1, 0.15) is 35.0 Å². The minimum Gasteiger partial charge on any atom is -0.341 e. The van der Waals surface area contributed by atoms with E-state index in [-0.39, 0.29) is 30.4 Å². The summed E-state index contributed by atoms with van der Waals surface area (Å²) in [6.07, 6.45) is 3.78. The minimum absolute atomic E-state index is 0.0140. The van der Waals surface area contributed by atoms with Gasteiger partial charge in [-0.3, -0.25) is 14.6 Å². The standard InChI is InChI=1S/C20H18N4O3/c25-17(14-4-2-1-3-5-14)6-7-18(26)24-12-16(13-24)20-22-19(23-27-20)15-8-10-21-11-9-15/h1-5,8-11,16H,6-7,12-13H2. The van der Waals surface area contributed by atoms with Crippen molar-refractivity contribution in [2.75, 3.05) is 13.1 Å². The molecule has 3 aromatic rings. The Hall–Kier alpha value is -3.35. The molecule has 27 heavy (non-hydrogen) atoms. The lowest BCUT2D eigenvalue weighted by molar-refractivity contribution is -0.135. The number of ketones is 1. The van der Waals surface area contributed by atoms with Gasteiger partial charge in [0.05, 0.1) is 5.92 Å². The molecule has 0 spiro atoms. The smallest absolute Gasteiger partial charge is 0.233 e. The van der Waals surface area contributed by atoms with Crippen LogP contribution in [0.2, 0.25) is 0 Å². The first-order valence-electron chi connectivity index (χ1n) is 8.81. The largest absolute Gasteiger partial charge is 0.341 e. The number of Topliss-reactive ketones (excluding diaryl/α,β-unsaturated/α-hetero) is 1. The van der Waals surface area contributed by atoms with Gasteiger partial charge in [-0.25, -0.2) is 0 Å². The molecular formula is C20H18N4O3. The number of carbonyl (C=O) groups is 2. The number of aromatic nitrogens is 3.